The molecule has 0 spiro atoms. The van der Waals surface area contributed by atoms with Crippen molar-refractivity contribution < 1.29 is 14.3 Å². The lowest BCUT2D eigenvalue weighted by Gasteiger charge is -2.19. The molecule has 0 saturated heterocycles. The Morgan fingerprint density at radius 2 is 1.90 bits per heavy atom. The van der Waals surface area contributed by atoms with Gasteiger partial charge in [-0.15, -0.1) is 0 Å². The van der Waals surface area contributed by atoms with Crippen LogP contribution in [0.1, 0.15) is 26.2 Å². The minimum Gasteiger partial charge on any atom is -0.494 e. The molecular formula is C16H24N2O3. The van der Waals surface area contributed by atoms with Crippen molar-refractivity contribution in [2.75, 3.05) is 19.8 Å². The van der Waals surface area contributed by atoms with Crippen molar-refractivity contribution in [3.63, 3.8) is 0 Å². The highest BCUT2D eigenvalue weighted by molar-refractivity contribution is 5.77. The molecule has 1 fully saturated rings. The number of amides is 1. The number of hydrogen-bond acceptors (Lipinski definition) is 4. The lowest BCUT2D eigenvalue weighted by molar-refractivity contribution is -0.124. The average molecular weight is 292 g/mol. The molecule has 3 N–H and O–H groups in total. The van der Waals surface area contributed by atoms with Gasteiger partial charge in [0, 0.05) is 6.04 Å². The summed E-state index contributed by atoms with van der Waals surface area (Å²) in [6.07, 6.45) is 3.24. The zero-order valence-corrected chi connectivity index (χ0v) is 12.5. The van der Waals surface area contributed by atoms with Crippen molar-refractivity contribution in [3.8, 4) is 11.5 Å². The third-order valence-electron chi connectivity index (χ3n) is 3.81. The van der Waals surface area contributed by atoms with Gasteiger partial charge in [0.2, 0.25) is 0 Å². The van der Waals surface area contributed by atoms with E-state index in [1.165, 1.54) is 0 Å². The second-order valence-corrected chi connectivity index (χ2v) is 5.29. The van der Waals surface area contributed by atoms with Gasteiger partial charge in [-0.2, -0.15) is 0 Å². The van der Waals surface area contributed by atoms with Crippen LogP contribution in [0.4, 0.5) is 0 Å². The second-order valence-electron chi connectivity index (χ2n) is 5.29. The van der Waals surface area contributed by atoms with Crippen LogP contribution in [0.3, 0.4) is 0 Å². The van der Waals surface area contributed by atoms with Gasteiger partial charge in [0.25, 0.3) is 5.91 Å². The highest BCUT2D eigenvalue weighted by Gasteiger charge is 2.27. The Kier molecular flexibility index (Phi) is 5.87. The quantitative estimate of drug-likeness (QED) is 0.802. The lowest BCUT2D eigenvalue weighted by Crippen LogP contribution is -2.42. The van der Waals surface area contributed by atoms with Gasteiger partial charge in [0.1, 0.15) is 11.5 Å². The first-order valence-electron chi connectivity index (χ1n) is 7.58. The van der Waals surface area contributed by atoms with Gasteiger partial charge < -0.3 is 20.5 Å². The van der Waals surface area contributed by atoms with E-state index in [9.17, 15) is 4.79 Å². The van der Waals surface area contributed by atoms with Gasteiger partial charge in [0.15, 0.2) is 6.61 Å². The Morgan fingerprint density at radius 3 is 2.52 bits per heavy atom. The fraction of sp³-hybridized carbons (Fsp3) is 0.562. The third-order valence-corrected chi connectivity index (χ3v) is 3.81. The van der Waals surface area contributed by atoms with E-state index in [0.29, 0.717) is 24.8 Å². The molecule has 1 aromatic rings. The van der Waals surface area contributed by atoms with Crippen molar-refractivity contribution in [1.29, 1.82) is 0 Å². The van der Waals surface area contributed by atoms with Crippen LogP contribution < -0.4 is 20.5 Å². The second kappa shape index (κ2) is 7.88. The number of ether oxygens (including phenoxy) is 2. The molecule has 1 aromatic carbocycles. The molecule has 5 heteroatoms. The predicted molar refractivity (Wildman–Crippen MR) is 81.4 cm³/mol. The zero-order chi connectivity index (χ0) is 15.1. The molecule has 21 heavy (non-hydrogen) atoms. The summed E-state index contributed by atoms with van der Waals surface area (Å²) >= 11 is 0. The van der Waals surface area contributed by atoms with Crippen molar-refractivity contribution in [2.45, 2.75) is 32.2 Å². The summed E-state index contributed by atoms with van der Waals surface area (Å²) in [5.74, 6) is 1.77. The molecule has 2 unspecified atom stereocenters. The Hall–Kier alpha value is -1.75. The zero-order valence-electron chi connectivity index (χ0n) is 12.5. The molecule has 2 atom stereocenters. The summed E-state index contributed by atoms with van der Waals surface area (Å²) in [5, 5.41) is 3.01. The van der Waals surface area contributed by atoms with Crippen molar-refractivity contribution in [1.82, 2.24) is 5.32 Å². The Labute approximate surface area is 125 Å². The Balaban J connectivity index is 1.75. The topological polar surface area (TPSA) is 73.6 Å². The number of nitrogens with one attached hydrogen (secondary N) is 1. The highest BCUT2D eigenvalue weighted by Crippen LogP contribution is 2.24. The highest BCUT2D eigenvalue weighted by atomic mass is 16.5. The van der Waals surface area contributed by atoms with Gasteiger partial charge in [-0.1, -0.05) is 6.42 Å². The van der Waals surface area contributed by atoms with Crippen LogP contribution in [0.15, 0.2) is 24.3 Å². The van der Waals surface area contributed by atoms with Crippen molar-refractivity contribution >= 4 is 5.91 Å². The summed E-state index contributed by atoms with van der Waals surface area (Å²) < 4.78 is 10.8. The Morgan fingerprint density at radius 1 is 1.24 bits per heavy atom. The third kappa shape index (κ3) is 4.63. The summed E-state index contributed by atoms with van der Waals surface area (Å²) in [6, 6.07) is 7.47. The maximum absolute atomic E-state index is 11.9. The number of benzene rings is 1. The Bertz CT molecular complexity index is 447. The van der Waals surface area contributed by atoms with Crippen LogP contribution in [-0.2, 0) is 4.79 Å². The number of carbonyl (C=O) groups is 1. The van der Waals surface area contributed by atoms with E-state index < -0.39 is 0 Å². The molecule has 1 saturated carbocycles. The molecule has 5 nitrogen and oxygen atoms in total. The summed E-state index contributed by atoms with van der Waals surface area (Å²) in [4.78, 5) is 11.9. The molecule has 0 radical (unpaired) electrons. The normalized spacial score (nSPS) is 21.0. The van der Waals surface area contributed by atoms with E-state index in [4.69, 9.17) is 15.2 Å². The fourth-order valence-corrected chi connectivity index (χ4v) is 2.71. The first kappa shape index (κ1) is 15.6. The first-order valence-corrected chi connectivity index (χ1v) is 7.58. The van der Waals surface area contributed by atoms with Gasteiger partial charge >= 0.3 is 0 Å². The molecule has 1 aliphatic carbocycles. The molecular weight excluding hydrogens is 268 g/mol. The monoisotopic (exact) mass is 292 g/mol. The molecule has 2 rings (SSSR count). The van der Waals surface area contributed by atoms with E-state index in [1.807, 2.05) is 19.1 Å². The van der Waals surface area contributed by atoms with E-state index >= 15 is 0 Å². The molecule has 1 aliphatic rings. The number of nitrogens with two attached hydrogens (primary N) is 1. The number of rotatable bonds is 7. The standard InChI is InChI=1S/C16H24N2O3/c1-2-20-13-6-8-14(9-7-13)21-11-16(19)18-15-5-3-4-12(15)10-17/h6-9,12,15H,2-5,10-11,17H2,1H3,(H,18,19). The van der Waals surface area contributed by atoms with Gasteiger partial charge in [-0.3, -0.25) is 4.79 Å². The van der Waals surface area contributed by atoms with Crippen LogP contribution in [0.5, 0.6) is 11.5 Å². The van der Waals surface area contributed by atoms with Crippen LogP contribution >= 0.6 is 0 Å². The van der Waals surface area contributed by atoms with Gasteiger partial charge in [0.05, 0.1) is 6.61 Å². The summed E-state index contributed by atoms with van der Waals surface area (Å²) in [7, 11) is 0. The van der Waals surface area contributed by atoms with Crippen molar-refractivity contribution in [2.24, 2.45) is 11.7 Å². The lowest BCUT2D eigenvalue weighted by atomic mass is 10.0. The van der Waals surface area contributed by atoms with E-state index in [1.54, 1.807) is 12.1 Å². The van der Waals surface area contributed by atoms with Crippen LogP contribution in [0.25, 0.3) is 0 Å². The predicted octanol–water partition coefficient (Wildman–Crippen LogP) is 1.71. The van der Waals surface area contributed by atoms with Crippen LogP contribution in [0, 0.1) is 5.92 Å². The van der Waals surface area contributed by atoms with Gasteiger partial charge in [-0.25, -0.2) is 0 Å². The molecule has 0 aromatic heterocycles. The van der Waals surface area contributed by atoms with Gasteiger partial charge in [-0.05, 0) is 56.5 Å². The smallest absolute Gasteiger partial charge is 0.258 e. The summed E-state index contributed by atoms with van der Waals surface area (Å²) in [6.45, 7) is 3.23. The molecule has 116 valence electrons. The molecule has 0 aliphatic heterocycles. The minimum absolute atomic E-state index is 0.0295. The maximum Gasteiger partial charge on any atom is 0.258 e. The molecule has 1 amide bonds. The number of carbonyl (C=O) groups excluding carboxylic acids is 1. The van der Waals surface area contributed by atoms with Crippen LogP contribution in [-0.4, -0.2) is 31.7 Å². The maximum atomic E-state index is 11.9. The van der Waals surface area contributed by atoms with Crippen molar-refractivity contribution in [3.05, 3.63) is 24.3 Å². The summed E-state index contributed by atoms with van der Waals surface area (Å²) in [5.41, 5.74) is 5.71. The molecule has 0 bridgehead atoms. The van der Waals surface area contributed by atoms with Crippen LogP contribution in [0.2, 0.25) is 0 Å². The SMILES string of the molecule is CCOc1ccc(OCC(=O)NC2CCCC2CN)cc1. The fourth-order valence-electron chi connectivity index (χ4n) is 2.71. The molecule has 0 heterocycles. The van der Waals surface area contributed by atoms with E-state index in [-0.39, 0.29) is 18.6 Å². The average Bonchev–Trinajstić information content (AvgIpc) is 2.94. The van der Waals surface area contributed by atoms with E-state index in [0.717, 1.165) is 25.0 Å². The van der Waals surface area contributed by atoms with E-state index in [2.05, 4.69) is 5.32 Å². The minimum atomic E-state index is -0.0887. The number of hydrogen-bond donors (Lipinski definition) is 2. The first-order chi connectivity index (χ1) is 10.2. The largest absolute Gasteiger partial charge is 0.494 e.